The van der Waals surface area contributed by atoms with Gasteiger partial charge in [0.25, 0.3) is 0 Å². The normalized spacial score (nSPS) is 10.9. The van der Waals surface area contributed by atoms with Crippen LogP contribution in [0.3, 0.4) is 0 Å². The molecule has 0 unspecified atom stereocenters. The van der Waals surface area contributed by atoms with Crippen LogP contribution >= 0.6 is 0 Å². The second-order valence-electron chi connectivity index (χ2n) is 4.90. The van der Waals surface area contributed by atoms with E-state index >= 15 is 0 Å². The first-order valence-corrected chi connectivity index (χ1v) is 6.92. The lowest BCUT2D eigenvalue weighted by Gasteiger charge is -2.08. The monoisotopic (exact) mass is 301 g/mol. The molecule has 0 amide bonds. The zero-order valence-electron chi connectivity index (χ0n) is 13.1. The third kappa shape index (κ3) is 3.49. The molecule has 0 spiro atoms. The molecule has 0 fully saturated rings. The van der Waals surface area contributed by atoms with Crippen molar-refractivity contribution in [3.63, 3.8) is 0 Å². The van der Waals surface area contributed by atoms with Gasteiger partial charge in [0.1, 0.15) is 5.56 Å². The van der Waals surface area contributed by atoms with Crippen molar-refractivity contribution in [1.29, 1.82) is 0 Å². The molecule has 2 rings (SSSR count). The molecule has 22 heavy (non-hydrogen) atoms. The van der Waals surface area contributed by atoms with Gasteiger partial charge in [-0.2, -0.15) is 5.10 Å². The van der Waals surface area contributed by atoms with Crippen molar-refractivity contribution >= 4 is 12.0 Å². The number of aromatic amines is 1. The molecule has 0 saturated carbocycles. The average Bonchev–Trinajstić information content (AvgIpc) is 2.91. The summed E-state index contributed by atoms with van der Waals surface area (Å²) < 4.78 is 5.04. The van der Waals surface area contributed by atoms with Crippen LogP contribution in [0.4, 0.5) is 0 Å². The van der Waals surface area contributed by atoms with E-state index in [-0.39, 0.29) is 0 Å². The smallest absolute Gasteiger partial charge is 0.341 e. The number of rotatable bonds is 5. The second kappa shape index (κ2) is 6.84. The Morgan fingerprint density at radius 3 is 2.77 bits per heavy atom. The molecule has 7 nitrogen and oxygen atoms in total. The highest BCUT2D eigenvalue weighted by Crippen LogP contribution is 2.19. The molecule has 1 N–H and O–H groups in total. The Bertz CT molecular complexity index is 691. The summed E-state index contributed by atoms with van der Waals surface area (Å²) in [7, 11) is 3.78. The molecule has 0 bridgehead atoms. The minimum Gasteiger partial charge on any atom is -0.462 e. The molecular formula is C15H19N5O2. The molecule has 0 aliphatic heterocycles. The number of esters is 1. The second-order valence-corrected chi connectivity index (χ2v) is 4.90. The molecule has 2 aromatic rings. The Kier molecular flexibility index (Phi) is 4.88. The SMILES string of the molecule is CCOC(=O)c1cnc(-c2cn[nH]c2C)nc1/C=C/N(C)C. The summed E-state index contributed by atoms with van der Waals surface area (Å²) in [5.41, 5.74) is 2.52. The lowest BCUT2D eigenvalue weighted by Crippen LogP contribution is -2.10. The van der Waals surface area contributed by atoms with E-state index in [1.54, 1.807) is 19.2 Å². The van der Waals surface area contributed by atoms with Gasteiger partial charge in [-0.1, -0.05) is 0 Å². The van der Waals surface area contributed by atoms with Crippen molar-refractivity contribution in [2.24, 2.45) is 0 Å². The number of carbonyl (C=O) groups is 1. The zero-order chi connectivity index (χ0) is 16.1. The first kappa shape index (κ1) is 15.7. The van der Waals surface area contributed by atoms with Crippen LogP contribution in [0.15, 0.2) is 18.6 Å². The highest BCUT2D eigenvalue weighted by molar-refractivity contribution is 5.92. The van der Waals surface area contributed by atoms with E-state index in [1.807, 2.05) is 32.1 Å². The van der Waals surface area contributed by atoms with Crippen molar-refractivity contribution < 1.29 is 9.53 Å². The highest BCUT2D eigenvalue weighted by Gasteiger charge is 2.16. The number of nitrogens with zero attached hydrogens (tertiary/aromatic N) is 4. The fourth-order valence-electron chi connectivity index (χ4n) is 1.81. The van der Waals surface area contributed by atoms with Gasteiger partial charge in [0.2, 0.25) is 0 Å². The van der Waals surface area contributed by atoms with Crippen LogP contribution in [0, 0.1) is 6.92 Å². The molecule has 7 heteroatoms. The van der Waals surface area contributed by atoms with E-state index in [1.165, 1.54) is 6.20 Å². The van der Waals surface area contributed by atoms with E-state index in [0.29, 0.717) is 23.7 Å². The number of carbonyl (C=O) groups excluding carboxylic acids is 1. The summed E-state index contributed by atoms with van der Waals surface area (Å²) in [6.07, 6.45) is 6.72. The zero-order valence-corrected chi connectivity index (χ0v) is 13.1. The summed E-state index contributed by atoms with van der Waals surface area (Å²) in [6, 6.07) is 0. The Balaban J connectivity index is 2.47. The third-order valence-electron chi connectivity index (χ3n) is 2.91. The average molecular weight is 301 g/mol. The van der Waals surface area contributed by atoms with Crippen molar-refractivity contribution in [2.75, 3.05) is 20.7 Å². The third-order valence-corrected chi connectivity index (χ3v) is 2.91. The molecule has 0 aromatic carbocycles. The van der Waals surface area contributed by atoms with Gasteiger partial charge in [0.15, 0.2) is 5.82 Å². The fraction of sp³-hybridized carbons (Fsp3) is 0.333. The lowest BCUT2D eigenvalue weighted by molar-refractivity contribution is 0.0525. The predicted molar refractivity (Wildman–Crippen MR) is 83.0 cm³/mol. The molecular weight excluding hydrogens is 282 g/mol. The number of H-pyrrole nitrogens is 1. The largest absolute Gasteiger partial charge is 0.462 e. The van der Waals surface area contributed by atoms with Gasteiger partial charge < -0.3 is 9.64 Å². The van der Waals surface area contributed by atoms with E-state index in [4.69, 9.17) is 4.74 Å². The Hall–Kier alpha value is -2.70. The van der Waals surface area contributed by atoms with Crippen molar-refractivity contribution in [2.45, 2.75) is 13.8 Å². The molecule has 116 valence electrons. The van der Waals surface area contributed by atoms with E-state index in [2.05, 4.69) is 20.2 Å². The summed E-state index contributed by atoms with van der Waals surface area (Å²) in [4.78, 5) is 22.6. The number of hydrogen-bond donors (Lipinski definition) is 1. The minimum atomic E-state index is -0.434. The molecule has 0 radical (unpaired) electrons. The van der Waals surface area contributed by atoms with Gasteiger partial charge in [-0.25, -0.2) is 14.8 Å². The number of nitrogens with one attached hydrogen (secondary N) is 1. The maximum Gasteiger partial charge on any atom is 0.341 e. The molecule has 2 heterocycles. The summed E-state index contributed by atoms with van der Waals surface area (Å²) >= 11 is 0. The number of aromatic nitrogens is 4. The first-order valence-electron chi connectivity index (χ1n) is 6.92. The van der Waals surface area contributed by atoms with Gasteiger partial charge in [-0.3, -0.25) is 5.10 Å². The first-order chi connectivity index (χ1) is 10.5. The topological polar surface area (TPSA) is 84.0 Å². The predicted octanol–water partition coefficient (Wildman–Crippen LogP) is 1.88. The quantitative estimate of drug-likeness (QED) is 0.849. The maximum atomic E-state index is 12.0. The molecule has 0 atom stereocenters. The van der Waals surface area contributed by atoms with Crippen LogP contribution in [-0.4, -0.2) is 51.7 Å². The number of aryl methyl sites for hydroxylation is 1. The van der Waals surface area contributed by atoms with Crippen LogP contribution in [0.2, 0.25) is 0 Å². The number of ether oxygens (including phenoxy) is 1. The van der Waals surface area contributed by atoms with Crippen molar-refractivity contribution in [3.8, 4) is 11.4 Å². The summed E-state index contributed by atoms with van der Waals surface area (Å²) in [6.45, 7) is 3.95. The van der Waals surface area contributed by atoms with Crippen LogP contribution in [0.25, 0.3) is 17.5 Å². The van der Waals surface area contributed by atoms with Crippen LogP contribution in [0.1, 0.15) is 28.7 Å². The van der Waals surface area contributed by atoms with Gasteiger partial charge >= 0.3 is 5.97 Å². The molecule has 0 aliphatic carbocycles. The molecule has 2 aromatic heterocycles. The van der Waals surface area contributed by atoms with E-state index in [9.17, 15) is 4.79 Å². The summed E-state index contributed by atoms with van der Waals surface area (Å²) in [5, 5.41) is 6.81. The summed E-state index contributed by atoms with van der Waals surface area (Å²) in [5.74, 6) is 0.0778. The Labute approximate surface area is 129 Å². The van der Waals surface area contributed by atoms with Gasteiger partial charge in [0.05, 0.1) is 24.1 Å². The number of hydrogen-bond acceptors (Lipinski definition) is 6. The van der Waals surface area contributed by atoms with Gasteiger partial charge in [-0.05, 0) is 19.9 Å². The Morgan fingerprint density at radius 1 is 1.41 bits per heavy atom. The van der Waals surface area contributed by atoms with E-state index < -0.39 is 5.97 Å². The minimum absolute atomic E-state index is 0.304. The maximum absolute atomic E-state index is 12.0. The highest BCUT2D eigenvalue weighted by atomic mass is 16.5. The van der Waals surface area contributed by atoms with Crippen LogP contribution < -0.4 is 0 Å². The lowest BCUT2D eigenvalue weighted by atomic mass is 10.2. The van der Waals surface area contributed by atoms with Gasteiger partial charge in [0, 0.05) is 32.2 Å². The van der Waals surface area contributed by atoms with Gasteiger partial charge in [-0.15, -0.1) is 0 Å². The molecule has 0 saturated heterocycles. The van der Waals surface area contributed by atoms with Crippen LogP contribution in [-0.2, 0) is 4.74 Å². The van der Waals surface area contributed by atoms with E-state index in [0.717, 1.165) is 11.3 Å². The van der Waals surface area contributed by atoms with Crippen LogP contribution in [0.5, 0.6) is 0 Å². The Morgan fingerprint density at radius 2 is 2.18 bits per heavy atom. The fourth-order valence-corrected chi connectivity index (χ4v) is 1.81. The standard InChI is InChI=1S/C15H19N5O2/c1-5-22-15(21)12-8-16-14(11-9-17-19-10(11)2)18-13(12)6-7-20(3)4/h6-9H,5H2,1-4H3,(H,17,19)/b7-6+. The molecule has 0 aliphatic rings. The van der Waals surface area contributed by atoms with Crippen molar-refractivity contribution in [1.82, 2.24) is 25.1 Å². The van der Waals surface area contributed by atoms with Crippen molar-refractivity contribution in [3.05, 3.63) is 35.5 Å².